The number of para-hydroxylation sites is 1. The Morgan fingerprint density at radius 1 is 1.09 bits per heavy atom. The van der Waals surface area contributed by atoms with E-state index in [9.17, 15) is 0 Å². The average molecular weight is 444 g/mol. The van der Waals surface area contributed by atoms with Crippen LogP contribution < -0.4 is 15.0 Å². The second-order valence-electron chi connectivity index (χ2n) is 8.53. The van der Waals surface area contributed by atoms with Crippen LogP contribution in [0.5, 0.6) is 5.75 Å². The van der Waals surface area contributed by atoms with Crippen LogP contribution in [0.4, 0.5) is 11.6 Å². The largest absolute Gasteiger partial charge is 0.496 e. The lowest BCUT2D eigenvalue weighted by atomic mass is 10.1. The van der Waals surface area contributed by atoms with E-state index in [1.54, 1.807) is 13.4 Å². The number of anilines is 2. The minimum Gasteiger partial charge on any atom is -0.496 e. The van der Waals surface area contributed by atoms with Crippen LogP contribution in [-0.2, 0) is 6.54 Å². The summed E-state index contributed by atoms with van der Waals surface area (Å²) in [7, 11) is 3.86. The fourth-order valence-electron chi connectivity index (χ4n) is 4.51. The Morgan fingerprint density at radius 2 is 1.97 bits per heavy atom. The highest BCUT2D eigenvalue weighted by Crippen LogP contribution is 2.28. The van der Waals surface area contributed by atoms with Gasteiger partial charge in [-0.2, -0.15) is 0 Å². The third-order valence-electron chi connectivity index (χ3n) is 6.29. The highest BCUT2D eigenvalue weighted by molar-refractivity contribution is 5.79. The SMILES string of the molecule is COc1ccccc1CNc1ccc(-c2ccc(N3CCN(C)CC3C)nc2)c2nncn12. The number of hydrogen-bond donors (Lipinski definition) is 1. The molecule has 1 fully saturated rings. The van der Waals surface area contributed by atoms with Gasteiger partial charge in [0.2, 0.25) is 0 Å². The molecule has 1 atom stereocenters. The van der Waals surface area contributed by atoms with E-state index in [4.69, 9.17) is 9.72 Å². The minimum absolute atomic E-state index is 0.443. The fourth-order valence-corrected chi connectivity index (χ4v) is 4.51. The number of ether oxygens (including phenoxy) is 1. The average Bonchev–Trinajstić information content (AvgIpc) is 3.33. The topological polar surface area (TPSA) is 70.8 Å². The number of nitrogens with one attached hydrogen (secondary N) is 1. The second kappa shape index (κ2) is 9.07. The number of likely N-dealkylation sites (N-methyl/N-ethyl adjacent to an activating group) is 1. The van der Waals surface area contributed by atoms with E-state index in [-0.39, 0.29) is 0 Å². The van der Waals surface area contributed by atoms with Crippen molar-refractivity contribution in [3.05, 3.63) is 66.6 Å². The van der Waals surface area contributed by atoms with Gasteiger partial charge in [0.05, 0.1) is 7.11 Å². The van der Waals surface area contributed by atoms with Gasteiger partial charge in [0, 0.05) is 55.1 Å². The van der Waals surface area contributed by atoms with Gasteiger partial charge in [0.25, 0.3) is 0 Å². The van der Waals surface area contributed by atoms with Crippen LogP contribution in [0.25, 0.3) is 16.8 Å². The lowest BCUT2D eigenvalue weighted by Gasteiger charge is -2.39. The molecule has 4 heterocycles. The normalized spacial score (nSPS) is 16.8. The van der Waals surface area contributed by atoms with Crippen LogP contribution in [0.15, 0.2) is 61.1 Å². The molecule has 1 aliphatic rings. The molecule has 1 unspecified atom stereocenters. The quantitative estimate of drug-likeness (QED) is 0.489. The summed E-state index contributed by atoms with van der Waals surface area (Å²) in [5.41, 5.74) is 3.90. The van der Waals surface area contributed by atoms with Crippen LogP contribution in [0.3, 0.4) is 0 Å². The maximum atomic E-state index is 5.46. The number of methoxy groups -OCH3 is 1. The van der Waals surface area contributed by atoms with E-state index in [0.29, 0.717) is 12.6 Å². The fraction of sp³-hybridized carbons (Fsp3) is 0.320. The van der Waals surface area contributed by atoms with Crippen molar-refractivity contribution in [2.45, 2.75) is 19.5 Å². The van der Waals surface area contributed by atoms with E-state index in [2.05, 4.69) is 69.6 Å². The molecule has 0 aliphatic carbocycles. The molecular weight excluding hydrogens is 414 g/mol. The summed E-state index contributed by atoms with van der Waals surface area (Å²) in [5.74, 6) is 2.80. The van der Waals surface area contributed by atoms with Crippen molar-refractivity contribution in [3.63, 3.8) is 0 Å². The number of aromatic nitrogens is 4. The zero-order valence-corrected chi connectivity index (χ0v) is 19.3. The Hall–Kier alpha value is -3.65. The maximum absolute atomic E-state index is 5.46. The van der Waals surface area contributed by atoms with Crippen molar-refractivity contribution >= 4 is 17.3 Å². The Balaban J connectivity index is 1.38. The summed E-state index contributed by atoms with van der Waals surface area (Å²) >= 11 is 0. The number of hydrogen-bond acceptors (Lipinski definition) is 7. The molecule has 5 rings (SSSR count). The highest BCUT2D eigenvalue weighted by Gasteiger charge is 2.22. The van der Waals surface area contributed by atoms with Gasteiger partial charge < -0.3 is 19.9 Å². The lowest BCUT2D eigenvalue weighted by molar-refractivity contribution is 0.274. The second-order valence-corrected chi connectivity index (χ2v) is 8.53. The number of piperazine rings is 1. The van der Waals surface area contributed by atoms with Crippen LogP contribution in [0, 0.1) is 0 Å². The third-order valence-corrected chi connectivity index (χ3v) is 6.29. The Bertz CT molecular complexity index is 1240. The van der Waals surface area contributed by atoms with Gasteiger partial charge in [-0.1, -0.05) is 18.2 Å². The summed E-state index contributed by atoms with van der Waals surface area (Å²) in [6.07, 6.45) is 3.67. The maximum Gasteiger partial charge on any atom is 0.170 e. The van der Waals surface area contributed by atoms with E-state index in [1.807, 2.05) is 28.8 Å². The predicted molar refractivity (Wildman–Crippen MR) is 131 cm³/mol. The third kappa shape index (κ3) is 4.21. The monoisotopic (exact) mass is 443 g/mol. The molecule has 1 N–H and O–H groups in total. The summed E-state index contributed by atoms with van der Waals surface area (Å²) < 4.78 is 7.44. The molecule has 0 spiro atoms. The van der Waals surface area contributed by atoms with Crippen LogP contribution in [0.1, 0.15) is 12.5 Å². The lowest BCUT2D eigenvalue weighted by Crippen LogP contribution is -2.50. The van der Waals surface area contributed by atoms with Gasteiger partial charge >= 0.3 is 0 Å². The molecule has 0 bridgehead atoms. The first kappa shape index (κ1) is 21.2. The number of nitrogens with zero attached hydrogens (tertiary/aromatic N) is 6. The molecule has 3 aromatic heterocycles. The number of rotatable bonds is 6. The van der Waals surface area contributed by atoms with Crippen molar-refractivity contribution < 1.29 is 4.74 Å². The molecule has 0 amide bonds. The standard InChI is InChI=1S/C25H29N7O/c1-18-16-30(2)12-13-31(18)23-10-8-19(14-26-23)21-9-11-24(32-17-28-29-25(21)32)27-15-20-6-4-5-7-22(20)33-3/h4-11,14,17-18,27H,12-13,15-16H2,1-3H3. The first-order valence-corrected chi connectivity index (χ1v) is 11.2. The van der Waals surface area contributed by atoms with Crippen LogP contribution >= 0.6 is 0 Å². The van der Waals surface area contributed by atoms with Gasteiger partial charge in [-0.3, -0.25) is 4.40 Å². The summed E-state index contributed by atoms with van der Waals surface area (Å²) in [5, 5.41) is 12.0. The van der Waals surface area contributed by atoms with Crippen molar-refractivity contribution in [1.29, 1.82) is 0 Å². The Kier molecular flexibility index (Phi) is 5.83. The summed E-state index contributed by atoms with van der Waals surface area (Å²) in [6, 6.07) is 16.8. The molecule has 0 saturated carbocycles. The molecule has 1 saturated heterocycles. The van der Waals surface area contributed by atoms with Crippen molar-refractivity contribution in [2.24, 2.45) is 0 Å². The Labute approximate surface area is 193 Å². The smallest absolute Gasteiger partial charge is 0.170 e. The van der Waals surface area contributed by atoms with Gasteiger partial charge in [0.1, 0.15) is 23.7 Å². The Morgan fingerprint density at radius 3 is 2.76 bits per heavy atom. The van der Waals surface area contributed by atoms with E-state index < -0.39 is 0 Å². The van der Waals surface area contributed by atoms with E-state index in [1.165, 1.54) is 0 Å². The van der Waals surface area contributed by atoms with Gasteiger partial charge in [-0.15, -0.1) is 10.2 Å². The molecule has 4 aromatic rings. The molecule has 33 heavy (non-hydrogen) atoms. The van der Waals surface area contributed by atoms with Crippen LogP contribution in [-0.4, -0.2) is 64.3 Å². The summed E-state index contributed by atoms with van der Waals surface area (Å²) in [6.45, 7) is 5.98. The molecule has 0 radical (unpaired) electrons. The van der Waals surface area contributed by atoms with Gasteiger partial charge in [0.15, 0.2) is 5.65 Å². The first-order chi connectivity index (χ1) is 16.1. The molecule has 170 valence electrons. The number of benzene rings is 1. The number of pyridine rings is 2. The van der Waals surface area contributed by atoms with Crippen LogP contribution in [0.2, 0.25) is 0 Å². The highest BCUT2D eigenvalue weighted by atomic mass is 16.5. The van der Waals surface area contributed by atoms with E-state index in [0.717, 1.165) is 59.4 Å². The first-order valence-electron chi connectivity index (χ1n) is 11.2. The minimum atomic E-state index is 0.443. The zero-order chi connectivity index (χ0) is 22.8. The molecular formula is C25H29N7O. The van der Waals surface area contributed by atoms with Gasteiger partial charge in [-0.25, -0.2) is 4.98 Å². The molecule has 1 aliphatic heterocycles. The van der Waals surface area contributed by atoms with Crippen molar-refractivity contribution in [3.8, 4) is 16.9 Å². The van der Waals surface area contributed by atoms with Crippen molar-refractivity contribution in [1.82, 2.24) is 24.5 Å². The molecule has 8 nitrogen and oxygen atoms in total. The summed E-state index contributed by atoms with van der Waals surface area (Å²) in [4.78, 5) is 9.52. The predicted octanol–water partition coefficient (Wildman–Crippen LogP) is 3.55. The number of fused-ring (bicyclic) bond motifs is 1. The zero-order valence-electron chi connectivity index (χ0n) is 19.3. The van der Waals surface area contributed by atoms with Gasteiger partial charge in [-0.05, 0) is 44.3 Å². The van der Waals surface area contributed by atoms with E-state index >= 15 is 0 Å². The molecule has 1 aromatic carbocycles. The van der Waals surface area contributed by atoms with Crippen molar-refractivity contribution in [2.75, 3.05) is 44.0 Å². The molecule has 8 heteroatoms.